The quantitative estimate of drug-likeness (QED) is 0.110. The van der Waals surface area contributed by atoms with E-state index in [9.17, 15) is 0 Å². The molecule has 7 aromatic carbocycles. The molecule has 0 aliphatic carbocycles. The van der Waals surface area contributed by atoms with Gasteiger partial charge in [0.25, 0.3) is 0 Å². The lowest BCUT2D eigenvalue weighted by Crippen LogP contribution is -1.98. The van der Waals surface area contributed by atoms with E-state index in [0.29, 0.717) is 5.82 Å². The summed E-state index contributed by atoms with van der Waals surface area (Å²) in [5.74, 6) is 0.675. The molecule has 1 heterocycles. The van der Waals surface area contributed by atoms with Gasteiger partial charge in [-0.15, -0.1) is 0 Å². The van der Waals surface area contributed by atoms with Crippen LogP contribution < -0.4 is 0 Å². The van der Waals surface area contributed by atoms with Gasteiger partial charge in [-0.3, -0.25) is 0 Å². The first-order valence-corrected chi connectivity index (χ1v) is 16.0. The van der Waals surface area contributed by atoms with Gasteiger partial charge in [0.15, 0.2) is 5.82 Å². The summed E-state index contributed by atoms with van der Waals surface area (Å²) < 4.78 is 0. The molecule has 3 nitrogen and oxygen atoms in total. The van der Waals surface area contributed by atoms with E-state index in [1.54, 1.807) is 6.08 Å². The van der Waals surface area contributed by atoms with E-state index in [1.165, 1.54) is 33.3 Å². The van der Waals surface area contributed by atoms with Crippen molar-refractivity contribution in [3.05, 3.63) is 176 Å². The van der Waals surface area contributed by atoms with Crippen molar-refractivity contribution < 1.29 is 0 Å². The number of hydrogen-bond acceptors (Lipinski definition) is 3. The van der Waals surface area contributed by atoms with Crippen molar-refractivity contribution in [3.63, 3.8) is 0 Å². The van der Waals surface area contributed by atoms with Crippen molar-refractivity contribution in [2.24, 2.45) is 0 Å². The first-order chi connectivity index (χ1) is 23.7. The summed E-state index contributed by atoms with van der Waals surface area (Å²) in [6.07, 6.45) is 6.88. The third-order valence-electron chi connectivity index (χ3n) is 8.99. The number of fused-ring (bicyclic) bond motifs is 4. The van der Waals surface area contributed by atoms with Crippen LogP contribution in [-0.2, 0) is 0 Å². The molecular weight excluding hydrogens is 583 g/mol. The summed E-state index contributed by atoms with van der Waals surface area (Å²) in [5.41, 5.74) is 8.77. The predicted octanol–water partition coefficient (Wildman–Crippen LogP) is 11.8. The Morgan fingerprint density at radius 3 is 2.00 bits per heavy atom. The van der Waals surface area contributed by atoms with E-state index >= 15 is 0 Å². The molecule has 8 aromatic rings. The number of hydrogen-bond donors (Lipinski definition) is 1. The predicted molar refractivity (Wildman–Crippen MR) is 203 cm³/mol. The zero-order chi connectivity index (χ0) is 32.5. The molecule has 0 aliphatic heterocycles. The highest BCUT2D eigenvalue weighted by Gasteiger charge is 2.17. The second kappa shape index (κ2) is 12.4. The second-order valence-corrected chi connectivity index (χ2v) is 11.8. The number of benzene rings is 7. The van der Waals surface area contributed by atoms with Crippen molar-refractivity contribution >= 4 is 44.1 Å². The monoisotopic (exact) mass is 613 g/mol. The fourth-order valence-electron chi connectivity index (χ4n) is 6.71. The van der Waals surface area contributed by atoms with Gasteiger partial charge < -0.3 is 5.41 Å². The maximum atomic E-state index is 8.00. The Kier molecular flexibility index (Phi) is 7.48. The molecule has 0 radical (unpaired) electrons. The molecule has 0 atom stereocenters. The standard InChI is InChI=1S/C45H31N3/c1-2-12-36(28-46)31-16-9-18-33(25-31)43-29-47-45(42-27-34-14-4-6-21-39(34)40-22-7-8-23-41(40)42)48-44(43)35-19-10-17-32(26-35)38-24-11-15-30-13-3-5-20-37(30)38/h2-29,46H,1H2/b36-12+,46-28?. The van der Waals surface area contributed by atoms with Gasteiger partial charge in [0, 0.05) is 29.1 Å². The van der Waals surface area contributed by atoms with E-state index in [0.717, 1.165) is 55.4 Å². The molecule has 226 valence electrons. The van der Waals surface area contributed by atoms with Crippen molar-refractivity contribution in [1.29, 1.82) is 5.41 Å². The summed E-state index contributed by atoms with van der Waals surface area (Å²) in [5, 5.41) is 15.1. The van der Waals surface area contributed by atoms with Gasteiger partial charge in [0.05, 0.1) is 5.69 Å². The van der Waals surface area contributed by atoms with Crippen LogP contribution in [0.15, 0.2) is 171 Å². The normalized spacial score (nSPS) is 11.6. The summed E-state index contributed by atoms with van der Waals surface area (Å²) in [6.45, 7) is 3.84. The summed E-state index contributed by atoms with van der Waals surface area (Å²) in [7, 11) is 0. The molecule has 3 heteroatoms. The number of aromatic nitrogens is 2. The van der Waals surface area contributed by atoms with Gasteiger partial charge in [-0.25, -0.2) is 9.97 Å². The van der Waals surface area contributed by atoms with Gasteiger partial charge in [-0.2, -0.15) is 0 Å². The van der Waals surface area contributed by atoms with Gasteiger partial charge in [0.1, 0.15) is 0 Å². The second-order valence-electron chi connectivity index (χ2n) is 11.8. The minimum absolute atomic E-state index is 0.675. The Balaban J connectivity index is 1.37. The SMILES string of the molecule is C=C/C=C(\C=N)c1cccc(-c2cnc(-c3cc4ccccc4c4ccccc34)nc2-c2cccc(-c3cccc4ccccc34)c2)c1. The Bertz CT molecular complexity index is 2550. The van der Waals surface area contributed by atoms with Gasteiger partial charge >= 0.3 is 0 Å². The van der Waals surface area contributed by atoms with Crippen molar-refractivity contribution in [2.45, 2.75) is 0 Å². The maximum Gasteiger partial charge on any atom is 0.160 e. The van der Waals surface area contributed by atoms with Gasteiger partial charge in [0.2, 0.25) is 0 Å². The minimum atomic E-state index is 0.675. The Hall–Kier alpha value is -6.45. The van der Waals surface area contributed by atoms with Crippen LogP contribution in [0.4, 0.5) is 0 Å². The molecule has 1 aromatic heterocycles. The van der Waals surface area contributed by atoms with Crippen LogP contribution >= 0.6 is 0 Å². The highest BCUT2D eigenvalue weighted by molar-refractivity contribution is 6.13. The fourth-order valence-corrected chi connectivity index (χ4v) is 6.71. The van der Waals surface area contributed by atoms with E-state index < -0.39 is 0 Å². The van der Waals surface area contributed by atoms with Crippen molar-refractivity contribution in [2.75, 3.05) is 0 Å². The first kappa shape index (κ1) is 29.0. The molecule has 48 heavy (non-hydrogen) atoms. The number of nitrogens with one attached hydrogen (secondary N) is 1. The van der Waals surface area contributed by atoms with Crippen LogP contribution in [0.1, 0.15) is 5.56 Å². The maximum absolute atomic E-state index is 8.00. The Morgan fingerprint density at radius 1 is 0.542 bits per heavy atom. The molecule has 0 bridgehead atoms. The van der Waals surface area contributed by atoms with E-state index in [1.807, 2.05) is 24.4 Å². The minimum Gasteiger partial charge on any atom is -0.308 e. The van der Waals surface area contributed by atoms with Gasteiger partial charge in [-0.05, 0) is 78.3 Å². The van der Waals surface area contributed by atoms with Crippen LogP contribution in [0.3, 0.4) is 0 Å². The van der Waals surface area contributed by atoms with Gasteiger partial charge in [-0.1, -0.05) is 146 Å². The van der Waals surface area contributed by atoms with Crippen LogP contribution in [-0.4, -0.2) is 16.2 Å². The van der Waals surface area contributed by atoms with Crippen LogP contribution in [0.5, 0.6) is 0 Å². The van der Waals surface area contributed by atoms with Crippen LogP contribution in [0, 0.1) is 5.41 Å². The third kappa shape index (κ3) is 5.18. The highest BCUT2D eigenvalue weighted by atomic mass is 14.9. The number of nitrogens with zero attached hydrogens (tertiary/aromatic N) is 2. The van der Waals surface area contributed by atoms with E-state index in [-0.39, 0.29) is 0 Å². The lowest BCUT2D eigenvalue weighted by molar-refractivity contribution is 1.19. The smallest absolute Gasteiger partial charge is 0.160 e. The highest BCUT2D eigenvalue weighted by Crippen LogP contribution is 2.39. The van der Waals surface area contributed by atoms with E-state index in [4.69, 9.17) is 15.4 Å². The fraction of sp³-hybridized carbons (Fsp3) is 0. The zero-order valence-electron chi connectivity index (χ0n) is 26.3. The average molecular weight is 614 g/mol. The number of allylic oxidation sites excluding steroid dienone is 3. The van der Waals surface area contributed by atoms with Crippen molar-refractivity contribution in [1.82, 2.24) is 9.97 Å². The summed E-state index contributed by atoms with van der Waals surface area (Å²) in [6, 6.07) is 51.0. The summed E-state index contributed by atoms with van der Waals surface area (Å²) >= 11 is 0. The number of rotatable bonds is 7. The molecule has 0 fully saturated rings. The Labute approximate surface area is 279 Å². The molecule has 8 rings (SSSR count). The molecular formula is C45H31N3. The lowest BCUT2D eigenvalue weighted by Gasteiger charge is -2.15. The molecule has 0 aliphatic rings. The first-order valence-electron chi connectivity index (χ1n) is 16.0. The largest absolute Gasteiger partial charge is 0.308 e. The Morgan fingerprint density at radius 2 is 1.19 bits per heavy atom. The lowest BCUT2D eigenvalue weighted by atomic mass is 9.93. The zero-order valence-corrected chi connectivity index (χ0v) is 26.3. The molecule has 0 spiro atoms. The van der Waals surface area contributed by atoms with E-state index in [2.05, 4.69) is 140 Å². The van der Waals surface area contributed by atoms with Crippen LogP contribution in [0.25, 0.3) is 82.8 Å². The molecule has 0 unspecified atom stereocenters. The van der Waals surface area contributed by atoms with Crippen molar-refractivity contribution in [3.8, 4) is 44.9 Å². The average Bonchev–Trinajstić information content (AvgIpc) is 3.16. The topological polar surface area (TPSA) is 49.6 Å². The molecule has 1 N–H and O–H groups in total. The molecule has 0 amide bonds. The summed E-state index contributed by atoms with van der Waals surface area (Å²) in [4.78, 5) is 10.4. The molecule has 0 saturated carbocycles. The van der Waals surface area contributed by atoms with Crippen LogP contribution in [0.2, 0.25) is 0 Å². The molecule has 0 saturated heterocycles. The third-order valence-corrected chi connectivity index (χ3v) is 8.99.